The first-order valence-electron chi connectivity index (χ1n) is 9.58. The second kappa shape index (κ2) is 23.7. The van der Waals surface area contributed by atoms with E-state index in [9.17, 15) is 0 Å². The molecule has 0 amide bonds. The number of hydrogen-bond acceptors (Lipinski definition) is 7. The average molecular weight is 366 g/mol. The summed E-state index contributed by atoms with van der Waals surface area (Å²) < 4.78 is 32.2. The molecule has 0 aromatic rings. The molecule has 0 aromatic carbocycles. The Labute approximate surface area is 153 Å². The quantitative estimate of drug-likeness (QED) is 0.292. The van der Waals surface area contributed by atoms with Gasteiger partial charge in [-0.25, -0.2) is 0 Å². The Morgan fingerprint density at radius 1 is 0.440 bits per heavy atom. The van der Waals surface area contributed by atoms with Gasteiger partial charge in [0.25, 0.3) is 0 Å². The van der Waals surface area contributed by atoms with Crippen LogP contribution in [0, 0.1) is 0 Å². The zero-order valence-corrected chi connectivity index (χ0v) is 16.0. The van der Waals surface area contributed by atoms with E-state index in [4.69, 9.17) is 34.2 Å². The number of hydrogen-bond donors (Lipinski definition) is 1. The van der Waals surface area contributed by atoms with E-state index in [0.29, 0.717) is 79.2 Å². The van der Waals surface area contributed by atoms with Gasteiger partial charge in [-0.15, -0.1) is 0 Å². The topological polar surface area (TPSA) is 81.4 Å². The summed E-state index contributed by atoms with van der Waals surface area (Å²) in [6.07, 6.45) is 4.94. The Balaban J connectivity index is 2.94. The molecule has 0 saturated carbocycles. The third-order valence-corrected chi connectivity index (χ3v) is 3.26. The first kappa shape index (κ1) is 24.7. The minimum Gasteiger partial charge on any atom is -0.379 e. The second-order valence-corrected chi connectivity index (χ2v) is 5.52. The van der Waals surface area contributed by atoms with E-state index in [1.54, 1.807) is 0 Å². The molecule has 0 aromatic heterocycles. The molecule has 7 nitrogen and oxygen atoms in total. The molecule has 2 N–H and O–H groups in total. The molecule has 0 saturated heterocycles. The van der Waals surface area contributed by atoms with Gasteiger partial charge in [-0.2, -0.15) is 0 Å². The van der Waals surface area contributed by atoms with Crippen molar-refractivity contribution in [3.8, 4) is 0 Å². The molecule has 0 aliphatic heterocycles. The number of nitrogens with two attached hydrogens (primary N) is 1. The summed E-state index contributed by atoms with van der Waals surface area (Å²) in [5.41, 5.74) is 5.30. The van der Waals surface area contributed by atoms with E-state index in [0.717, 1.165) is 13.0 Å². The predicted molar refractivity (Wildman–Crippen MR) is 98.1 cm³/mol. The Kier molecular flexibility index (Phi) is 23.5. The molecule has 0 rings (SSSR count). The Morgan fingerprint density at radius 2 is 0.800 bits per heavy atom. The van der Waals surface area contributed by atoms with Crippen LogP contribution >= 0.6 is 0 Å². The zero-order valence-electron chi connectivity index (χ0n) is 16.0. The Morgan fingerprint density at radius 3 is 1.16 bits per heavy atom. The summed E-state index contributed by atoms with van der Waals surface area (Å²) in [6.45, 7) is 10.0. The summed E-state index contributed by atoms with van der Waals surface area (Å²) >= 11 is 0. The number of rotatable bonds is 22. The van der Waals surface area contributed by atoms with Crippen LogP contribution < -0.4 is 5.73 Å². The fourth-order valence-electron chi connectivity index (χ4n) is 1.92. The van der Waals surface area contributed by atoms with Gasteiger partial charge < -0.3 is 34.2 Å². The summed E-state index contributed by atoms with van der Waals surface area (Å²) in [7, 11) is 0. The van der Waals surface area contributed by atoms with E-state index < -0.39 is 0 Å². The van der Waals surface area contributed by atoms with Gasteiger partial charge in [-0.1, -0.05) is 26.2 Å². The minimum atomic E-state index is 0.543. The van der Waals surface area contributed by atoms with Gasteiger partial charge in [-0.3, -0.25) is 0 Å². The predicted octanol–water partition coefficient (Wildman–Crippen LogP) is 1.63. The largest absolute Gasteiger partial charge is 0.379 e. The first-order valence-corrected chi connectivity index (χ1v) is 9.58. The van der Waals surface area contributed by atoms with Crippen LogP contribution in [0.1, 0.15) is 32.6 Å². The highest BCUT2D eigenvalue weighted by atomic mass is 16.6. The fraction of sp³-hybridized carbons (Fsp3) is 1.00. The molecule has 0 aliphatic rings. The van der Waals surface area contributed by atoms with Gasteiger partial charge >= 0.3 is 0 Å². The molecular weight excluding hydrogens is 326 g/mol. The summed E-state index contributed by atoms with van der Waals surface area (Å²) in [6, 6.07) is 0. The lowest BCUT2D eigenvalue weighted by Crippen LogP contribution is -2.15. The van der Waals surface area contributed by atoms with Gasteiger partial charge in [0.05, 0.1) is 72.7 Å². The maximum absolute atomic E-state index is 5.49. The molecule has 0 spiro atoms. The van der Waals surface area contributed by atoms with E-state index in [2.05, 4.69) is 6.92 Å². The van der Waals surface area contributed by atoms with Gasteiger partial charge in [-0.05, 0) is 6.42 Å². The maximum Gasteiger partial charge on any atom is 0.0701 e. The van der Waals surface area contributed by atoms with Crippen molar-refractivity contribution in [1.29, 1.82) is 0 Å². The Hall–Kier alpha value is -0.280. The van der Waals surface area contributed by atoms with Crippen molar-refractivity contribution in [3.05, 3.63) is 0 Å². The van der Waals surface area contributed by atoms with Crippen molar-refractivity contribution in [1.82, 2.24) is 0 Å². The summed E-state index contributed by atoms with van der Waals surface area (Å²) in [5.74, 6) is 0. The third-order valence-electron chi connectivity index (χ3n) is 3.26. The van der Waals surface area contributed by atoms with Crippen LogP contribution in [0.25, 0.3) is 0 Å². The van der Waals surface area contributed by atoms with Gasteiger partial charge in [0.2, 0.25) is 0 Å². The molecule has 0 bridgehead atoms. The van der Waals surface area contributed by atoms with Crippen molar-refractivity contribution >= 4 is 0 Å². The molecule has 0 radical (unpaired) electrons. The summed E-state index contributed by atoms with van der Waals surface area (Å²) in [5, 5.41) is 0. The third kappa shape index (κ3) is 23.7. The van der Waals surface area contributed by atoms with E-state index in [1.807, 2.05) is 0 Å². The lowest BCUT2D eigenvalue weighted by molar-refractivity contribution is -0.0165. The highest BCUT2D eigenvalue weighted by molar-refractivity contribution is 4.40. The van der Waals surface area contributed by atoms with E-state index in [-0.39, 0.29) is 0 Å². The van der Waals surface area contributed by atoms with Gasteiger partial charge in [0, 0.05) is 13.2 Å². The lowest BCUT2D eigenvalue weighted by Gasteiger charge is -2.08. The van der Waals surface area contributed by atoms with Crippen molar-refractivity contribution in [3.63, 3.8) is 0 Å². The fourth-order valence-corrected chi connectivity index (χ4v) is 1.92. The van der Waals surface area contributed by atoms with Crippen LogP contribution in [0.15, 0.2) is 0 Å². The van der Waals surface area contributed by atoms with Crippen molar-refractivity contribution in [2.75, 3.05) is 85.8 Å². The molecule has 0 atom stereocenters. The van der Waals surface area contributed by atoms with Crippen LogP contribution in [0.4, 0.5) is 0 Å². The molecule has 0 aliphatic carbocycles. The number of ether oxygens (including phenoxy) is 6. The summed E-state index contributed by atoms with van der Waals surface area (Å²) in [4.78, 5) is 0. The van der Waals surface area contributed by atoms with E-state index in [1.165, 1.54) is 19.3 Å². The minimum absolute atomic E-state index is 0.543. The normalized spacial score (nSPS) is 11.3. The van der Waals surface area contributed by atoms with Crippen LogP contribution in [-0.4, -0.2) is 85.8 Å². The number of unbranched alkanes of at least 4 members (excludes halogenated alkanes) is 3. The SMILES string of the molecule is CCCCCCOCCOCCOCCOCCOCCOCCN. The highest BCUT2D eigenvalue weighted by Gasteiger charge is 1.94. The zero-order chi connectivity index (χ0) is 18.3. The van der Waals surface area contributed by atoms with Gasteiger partial charge in [0.1, 0.15) is 0 Å². The molecule has 0 fully saturated rings. The molecule has 0 unspecified atom stereocenters. The van der Waals surface area contributed by atoms with E-state index >= 15 is 0 Å². The monoisotopic (exact) mass is 365 g/mol. The standard InChI is InChI=1S/C18H39NO6/c1-2-3-4-5-7-20-9-11-22-13-15-24-17-18-25-16-14-23-12-10-21-8-6-19/h2-19H2,1H3. The molecule has 0 heterocycles. The van der Waals surface area contributed by atoms with Crippen LogP contribution in [0.5, 0.6) is 0 Å². The lowest BCUT2D eigenvalue weighted by atomic mass is 10.2. The highest BCUT2D eigenvalue weighted by Crippen LogP contribution is 1.98. The second-order valence-electron chi connectivity index (χ2n) is 5.52. The van der Waals surface area contributed by atoms with Crippen molar-refractivity contribution in [2.45, 2.75) is 32.6 Å². The first-order chi connectivity index (χ1) is 12.4. The van der Waals surface area contributed by atoms with Crippen LogP contribution in [0.2, 0.25) is 0 Å². The van der Waals surface area contributed by atoms with Crippen LogP contribution in [0.3, 0.4) is 0 Å². The molecular formula is C18H39NO6. The molecule has 7 heteroatoms. The molecule has 25 heavy (non-hydrogen) atoms. The smallest absolute Gasteiger partial charge is 0.0701 e. The van der Waals surface area contributed by atoms with Crippen molar-refractivity contribution < 1.29 is 28.4 Å². The van der Waals surface area contributed by atoms with Crippen molar-refractivity contribution in [2.24, 2.45) is 5.73 Å². The average Bonchev–Trinajstić information content (AvgIpc) is 2.63. The van der Waals surface area contributed by atoms with Gasteiger partial charge in [0.15, 0.2) is 0 Å². The van der Waals surface area contributed by atoms with Crippen LogP contribution in [-0.2, 0) is 28.4 Å². The Bertz CT molecular complexity index is 212. The molecule has 152 valence electrons. The maximum atomic E-state index is 5.49.